The molecule has 0 aliphatic carbocycles. The molecule has 3 aromatic rings. The van der Waals surface area contributed by atoms with Crippen molar-refractivity contribution < 1.29 is 4.79 Å². The molecule has 0 saturated heterocycles. The van der Waals surface area contributed by atoms with Gasteiger partial charge in [-0.3, -0.25) is 4.79 Å². The van der Waals surface area contributed by atoms with Gasteiger partial charge < -0.3 is 4.57 Å². The Morgan fingerprint density at radius 1 is 1.00 bits per heavy atom. The summed E-state index contributed by atoms with van der Waals surface area (Å²) in [5, 5.41) is 4.74. The second kappa shape index (κ2) is 9.26. The number of carbonyl (C=O) groups excluding carboxylic acids is 1. The zero-order valence-electron chi connectivity index (χ0n) is 18.3. The van der Waals surface area contributed by atoms with Crippen LogP contribution in [-0.2, 0) is 4.79 Å². The predicted molar refractivity (Wildman–Crippen MR) is 123 cm³/mol. The van der Waals surface area contributed by atoms with E-state index in [1.54, 1.807) is 6.21 Å². The van der Waals surface area contributed by atoms with E-state index in [2.05, 4.69) is 77.0 Å². The van der Waals surface area contributed by atoms with Gasteiger partial charge in [0.05, 0.1) is 12.0 Å². The quantitative estimate of drug-likeness (QED) is 0.278. The topological polar surface area (TPSA) is 72.2 Å². The second-order valence-corrected chi connectivity index (χ2v) is 8.47. The number of benzene rings is 1. The molecule has 0 atom stereocenters. The number of hydrazone groups is 1. The average Bonchev–Trinajstić information content (AvgIpc) is 2.92. The molecular weight excluding hydrogens is 394 g/mol. The highest BCUT2D eigenvalue weighted by Crippen LogP contribution is 2.22. The molecule has 2 aromatic heterocycles. The Hall–Kier alpha value is -2.93. The van der Waals surface area contributed by atoms with Crippen LogP contribution in [0.5, 0.6) is 0 Å². The number of hydrogen-bond acceptors (Lipinski definition) is 5. The fourth-order valence-electron chi connectivity index (χ4n) is 3.49. The van der Waals surface area contributed by atoms with Crippen LogP contribution in [0, 0.1) is 41.5 Å². The minimum atomic E-state index is -0.192. The molecule has 156 valence electrons. The summed E-state index contributed by atoms with van der Waals surface area (Å²) >= 11 is 1.30. The lowest BCUT2D eigenvalue weighted by atomic mass is 10.1. The Kier molecular flexibility index (Phi) is 6.72. The average molecular weight is 422 g/mol. The zero-order valence-corrected chi connectivity index (χ0v) is 19.1. The molecule has 0 spiro atoms. The van der Waals surface area contributed by atoms with Gasteiger partial charge in [0, 0.05) is 34.0 Å². The SMILES string of the molecule is Cc1cc(C)cc(-n2c(C)cc(C=NNC(=O)CSc3nc(C)cc(C)n3)c2C)c1. The number of carbonyl (C=O) groups is 1. The first-order valence-corrected chi connectivity index (χ1v) is 10.8. The lowest BCUT2D eigenvalue weighted by Crippen LogP contribution is -2.19. The molecule has 1 N–H and O–H groups in total. The molecule has 7 heteroatoms. The number of aromatic nitrogens is 3. The van der Waals surface area contributed by atoms with E-state index in [9.17, 15) is 4.79 Å². The molecule has 0 fully saturated rings. The maximum Gasteiger partial charge on any atom is 0.250 e. The Morgan fingerprint density at radius 2 is 1.63 bits per heavy atom. The van der Waals surface area contributed by atoms with Gasteiger partial charge in [0.2, 0.25) is 0 Å². The van der Waals surface area contributed by atoms with Crippen LogP contribution >= 0.6 is 11.8 Å². The highest BCUT2D eigenvalue weighted by Gasteiger charge is 2.11. The summed E-state index contributed by atoms with van der Waals surface area (Å²) < 4.78 is 2.20. The first-order chi connectivity index (χ1) is 14.2. The van der Waals surface area contributed by atoms with E-state index in [0.717, 1.165) is 34.0 Å². The normalized spacial score (nSPS) is 11.3. The number of aryl methyl sites for hydroxylation is 5. The molecule has 0 saturated carbocycles. The molecule has 1 amide bonds. The summed E-state index contributed by atoms with van der Waals surface area (Å²) in [4.78, 5) is 20.8. The molecule has 2 heterocycles. The molecule has 0 unspecified atom stereocenters. The maximum absolute atomic E-state index is 12.1. The number of nitrogens with zero attached hydrogens (tertiary/aromatic N) is 4. The van der Waals surface area contributed by atoms with Crippen molar-refractivity contribution in [3.05, 3.63) is 69.8 Å². The molecule has 0 aliphatic rings. The lowest BCUT2D eigenvalue weighted by molar-refractivity contribution is -0.118. The Labute approximate surface area is 181 Å². The third-order valence-electron chi connectivity index (χ3n) is 4.62. The van der Waals surface area contributed by atoms with Crippen LogP contribution in [0.3, 0.4) is 0 Å². The Morgan fingerprint density at radius 3 is 2.27 bits per heavy atom. The van der Waals surface area contributed by atoms with Crippen molar-refractivity contribution in [1.82, 2.24) is 20.0 Å². The minimum absolute atomic E-state index is 0.192. The van der Waals surface area contributed by atoms with Crippen molar-refractivity contribution >= 4 is 23.9 Å². The molecule has 0 aliphatic heterocycles. The van der Waals surface area contributed by atoms with Crippen molar-refractivity contribution in [1.29, 1.82) is 0 Å². The van der Waals surface area contributed by atoms with E-state index in [1.165, 1.54) is 22.9 Å². The predicted octanol–water partition coefficient (Wildman–Crippen LogP) is 4.36. The van der Waals surface area contributed by atoms with Crippen LogP contribution in [0.2, 0.25) is 0 Å². The summed E-state index contributed by atoms with van der Waals surface area (Å²) in [7, 11) is 0. The highest BCUT2D eigenvalue weighted by atomic mass is 32.2. The highest BCUT2D eigenvalue weighted by molar-refractivity contribution is 7.99. The van der Waals surface area contributed by atoms with Crippen molar-refractivity contribution in [2.24, 2.45) is 5.10 Å². The summed E-state index contributed by atoms with van der Waals surface area (Å²) in [6, 6.07) is 10.5. The van der Waals surface area contributed by atoms with Crippen molar-refractivity contribution in [2.45, 2.75) is 46.7 Å². The molecule has 6 nitrogen and oxygen atoms in total. The molecule has 0 radical (unpaired) electrons. The van der Waals surface area contributed by atoms with Gasteiger partial charge in [-0.25, -0.2) is 15.4 Å². The molecule has 30 heavy (non-hydrogen) atoms. The fourth-order valence-corrected chi connectivity index (χ4v) is 4.23. The van der Waals surface area contributed by atoms with Gasteiger partial charge in [-0.1, -0.05) is 17.8 Å². The van der Waals surface area contributed by atoms with Gasteiger partial charge in [-0.05, 0) is 76.9 Å². The summed E-state index contributed by atoms with van der Waals surface area (Å²) in [5.41, 5.74) is 11.1. The Balaban J connectivity index is 1.65. The van der Waals surface area contributed by atoms with Gasteiger partial charge in [0.1, 0.15) is 0 Å². The van der Waals surface area contributed by atoms with Crippen LogP contribution < -0.4 is 5.43 Å². The van der Waals surface area contributed by atoms with Gasteiger partial charge >= 0.3 is 0 Å². The standard InChI is InChI=1S/C23H27N5OS/c1-14-7-15(2)9-21(8-14)28-18(5)11-20(19(28)6)12-24-27-22(29)13-30-23-25-16(3)10-17(4)26-23/h7-12H,13H2,1-6H3,(H,27,29). The van der Waals surface area contributed by atoms with Crippen LogP contribution in [0.4, 0.5) is 0 Å². The lowest BCUT2D eigenvalue weighted by Gasteiger charge is -2.11. The maximum atomic E-state index is 12.1. The summed E-state index contributed by atoms with van der Waals surface area (Å²) in [6.07, 6.45) is 1.69. The van der Waals surface area contributed by atoms with Gasteiger partial charge in [0.15, 0.2) is 5.16 Å². The number of nitrogens with one attached hydrogen (secondary N) is 1. The fraction of sp³-hybridized carbons (Fsp3) is 0.304. The minimum Gasteiger partial charge on any atom is -0.318 e. The monoisotopic (exact) mass is 421 g/mol. The second-order valence-electron chi connectivity index (χ2n) is 7.52. The third kappa shape index (κ3) is 5.36. The summed E-state index contributed by atoms with van der Waals surface area (Å²) in [6.45, 7) is 12.2. The van der Waals surface area contributed by atoms with E-state index in [-0.39, 0.29) is 11.7 Å². The Bertz CT molecular complexity index is 1080. The third-order valence-corrected chi connectivity index (χ3v) is 5.47. The first-order valence-electron chi connectivity index (χ1n) is 9.77. The number of amides is 1. The van der Waals surface area contributed by atoms with Crippen LogP contribution in [0.1, 0.15) is 39.5 Å². The van der Waals surface area contributed by atoms with Crippen LogP contribution in [0.25, 0.3) is 5.69 Å². The van der Waals surface area contributed by atoms with E-state index in [4.69, 9.17) is 0 Å². The van der Waals surface area contributed by atoms with Gasteiger partial charge in [0.25, 0.3) is 5.91 Å². The van der Waals surface area contributed by atoms with Gasteiger partial charge in [-0.15, -0.1) is 0 Å². The van der Waals surface area contributed by atoms with Crippen molar-refractivity contribution in [3.8, 4) is 5.69 Å². The smallest absolute Gasteiger partial charge is 0.250 e. The molecule has 0 bridgehead atoms. The molecule has 3 rings (SSSR count). The van der Waals surface area contributed by atoms with Gasteiger partial charge in [-0.2, -0.15) is 5.10 Å². The van der Waals surface area contributed by atoms with E-state index >= 15 is 0 Å². The molecular formula is C23H27N5OS. The largest absolute Gasteiger partial charge is 0.318 e. The number of hydrogen-bond donors (Lipinski definition) is 1. The summed E-state index contributed by atoms with van der Waals surface area (Å²) in [5.74, 6) is 0.0177. The first kappa shape index (κ1) is 21.8. The van der Waals surface area contributed by atoms with E-state index in [0.29, 0.717) is 5.16 Å². The van der Waals surface area contributed by atoms with E-state index < -0.39 is 0 Å². The number of thioether (sulfide) groups is 1. The number of rotatable bonds is 6. The van der Waals surface area contributed by atoms with E-state index in [1.807, 2.05) is 19.9 Å². The van der Waals surface area contributed by atoms with Crippen molar-refractivity contribution in [3.63, 3.8) is 0 Å². The van der Waals surface area contributed by atoms with Crippen LogP contribution in [-0.4, -0.2) is 32.4 Å². The van der Waals surface area contributed by atoms with Crippen LogP contribution in [0.15, 0.2) is 40.6 Å². The molecule has 1 aromatic carbocycles. The zero-order chi connectivity index (χ0) is 21.8. The van der Waals surface area contributed by atoms with Crippen molar-refractivity contribution in [2.75, 3.05) is 5.75 Å².